The van der Waals surface area contributed by atoms with E-state index in [1.165, 1.54) is 30.3 Å². The Labute approximate surface area is 500 Å². The Bertz CT molecular complexity index is 5160. The number of alkyl halides is 3. The molecule has 0 unspecified atom stereocenters. The summed E-state index contributed by atoms with van der Waals surface area (Å²) in [5.74, 6) is 0. The number of hydrogen-bond acceptors (Lipinski definition) is 9. The average Bonchev–Trinajstić information content (AvgIpc) is 1.74. The lowest BCUT2D eigenvalue weighted by atomic mass is 9.97. The summed E-state index contributed by atoms with van der Waals surface area (Å²) in [6.45, 7) is 0. The molecule has 10 aromatic carbocycles. The molecule has 0 amide bonds. The number of halogens is 3. The van der Waals surface area contributed by atoms with Crippen molar-refractivity contribution in [3.63, 3.8) is 0 Å². The van der Waals surface area contributed by atoms with Gasteiger partial charge in [-0.1, -0.05) is 60.7 Å². The molecule has 14 heteroatoms. The number of pyridine rings is 1. The molecule has 13 rings (SSSR count). The minimum absolute atomic E-state index is 0.104. The topological polar surface area (TPSA) is 213 Å². The van der Waals surface area contributed by atoms with Crippen LogP contribution in [0.5, 0.6) is 0 Å². The first kappa shape index (κ1) is 53.9. The first-order valence-corrected chi connectivity index (χ1v) is 27.1. The van der Waals surface area contributed by atoms with Crippen LogP contribution >= 0.6 is 0 Å². The van der Waals surface area contributed by atoms with Gasteiger partial charge in [-0.25, -0.2) is 4.98 Å². The standard InChI is InChI=1S/C74H34F3N11/c75-74(76,77)65-34-72(87-68-13-9-52(56-21-43(35-78)17-44(22-56)36-79)29-60(68)61-30-53(10-14-69(61)87)57-23-45(37-80)18-46(24-57)38-81)64(67-8-4-7-66(86-67)51-5-2-1-3-6-51)33-73(65)88-70-15-11-54(58-25-47(39-82)19-48(26-58)40-83)31-62(70)63-32-55(12-16-71(63)88)59-27-49(41-84)20-50(28-59)42-85/h1-34H. The van der Waals surface area contributed by atoms with Crippen LogP contribution in [0.3, 0.4) is 0 Å². The van der Waals surface area contributed by atoms with Crippen LogP contribution in [0.4, 0.5) is 13.2 Å². The Balaban J connectivity index is 1.14. The number of nitrogens with zero attached hydrogens (tertiary/aromatic N) is 11. The number of hydrogen-bond donors (Lipinski definition) is 0. The summed E-state index contributed by atoms with van der Waals surface area (Å²) in [6, 6.07) is 74.8. The lowest BCUT2D eigenvalue weighted by molar-refractivity contribution is -0.137. The SMILES string of the molecule is N#Cc1cc(C#N)cc(-c2ccc3c(c2)c2cc(-c4cc(C#N)cc(C#N)c4)ccc2n3-c2cc(C(F)(F)F)c(-n3c4ccc(-c5cc(C#N)cc(C#N)c5)cc4c4cc(-c5cc(C#N)cc(C#N)c5)ccc43)cc2-c2cccc(-c3ccccc3)n2)c1. The van der Waals surface area contributed by atoms with Crippen molar-refractivity contribution in [1.29, 1.82) is 42.1 Å². The Morgan fingerprint density at radius 1 is 0.284 bits per heavy atom. The van der Waals surface area contributed by atoms with Gasteiger partial charge in [0.2, 0.25) is 0 Å². The van der Waals surface area contributed by atoms with Gasteiger partial charge in [0.15, 0.2) is 0 Å². The second-order valence-electron chi connectivity index (χ2n) is 20.8. The molecule has 0 N–H and O–H groups in total. The van der Waals surface area contributed by atoms with E-state index in [0.717, 1.165) is 11.6 Å². The lowest BCUT2D eigenvalue weighted by Gasteiger charge is -2.22. The highest BCUT2D eigenvalue weighted by molar-refractivity contribution is 6.14. The molecule has 0 aliphatic heterocycles. The van der Waals surface area contributed by atoms with Crippen molar-refractivity contribution in [2.75, 3.05) is 0 Å². The number of fused-ring (bicyclic) bond motifs is 6. The molecular weight excluding hydrogens is 1100 g/mol. The molecule has 11 nitrogen and oxygen atoms in total. The molecule has 88 heavy (non-hydrogen) atoms. The summed E-state index contributed by atoms with van der Waals surface area (Å²) >= 11 is 0. The quantitative estimate of drug-likeness (QED) is 0.141. The molecular formula is C74H34F3N11. The third kappa shape index (κ3) is 9.45. The van der Waals surface area contributed by atoms with Crippen LogP contribution in [0.1, 0.15) is 50.1 Å². The summed E-state index contributed by atoms with van der Waals surface area (Å²) < 4.78 is 53.9. The van der Waals surface area contributed by atoms with Gasteiger partial charge in [0.05, 0.1) is 143 Å². The van der Waals surface area contributed by atoms with Crippen LogP contribution in [-0.2, 0) is 6.18 Å². The van der Waals surface area contributed by atoms with Gasteiger partial charge in [0.1, 0.15) is 0 Å². The minimum atomic E-state index is -5.03. The van der Waals surface area contributed by atoms with Crippen LogP contribution in [0, 0.1) is 90.6 Å². The second kappa shape index (κ2) is 21.4. The third-order valence-corrected chi connectivity index (χ3v) is 15.6. The van der Waals surface area contributed by atoms with E-state index in [0.29, 0.717) is 105 Å². The van der Waals surface area contributed by atoms with Crippen molar-refractivity contribution in [3.05, 3.63) is 256 Å². The van der Waals surface area contributed by atoms with Crippen molar-refractivity contribution in [2.45, 2.75) is 6.18 Å². The molecule has 3 aromatic heterocycles. The zero-order valence-electron chi connectivity index (χ0n) is 45.7. The molecule has 3 heterocycles. The van der Waals surface area contributed by atoms with Crippen LogP contribution < -0.4 is 0 Å². The molecule has 0 radical (unpaired) electrons. The van der Waals surface area contributed by atoms with E-state index < -0.39 is 11.7 Å². The number of nitriles is 8. The molecule has 0 saturated heterocycles. The first-order valence-electron chi connectivity index (χ1n) is 27.1. The molecule has 406 valence electrons. The number of rotatable bonds is 8. The van der Waals surface area contributed by atoms with Crippen molar-refractivity contribution in [3.8, 4) is 127 Å². The summed E-state index contributed by atoms with van der Waals surface area (Å²) in [7, 11) is 0. The zero-order chi connectivity index (χ0) is 61.0. The molecule has 0 saturated carbocycles. The lowest BCUT2D eigenvalue weighted by Crippen LogP contribution is -2.13. The average molecular weight is 1130 g/mol. The molecule has 0 atom stereocenters. The predicted molar refractivity (Wildman–Crippen MR) is 328 cm³/mol. The molecule has 0 bridgehead atoms. The molecule has 0 fully saturated rings. The predicted octanol–water partition coefficient (Wildman–Crippen LogP) is 17.3. The largest absolute Gasteiger partial charge is 0.418 e. The Hall–Kier alpha value is -13.3. The van der Waals surface area contributed by atoms with E-state index in [1.54, 1.807) is 118 Å². The monoisotopic (exact) mass is 1130 g/mol. The van der Waals surface area contributed by atoms with E-state index in [2.05, 4.69) is 48.6 Å². The van der Waals surface area contributed by atoms with E-state index in [9.17, 15) is 42.1 Å². The van der Waals surface area contributed by atoms with Gasteiger partial charge < -0.3 is 9.13 Å². The Kier molecular flexibility index (Phi) is 13.1. The van der Waals surface area contributed by atoms with E-state index in [-0.39, 0.29) is 55.9 Å². The van der Waals surface area contributed by atoms with Crippen molar-refractivity contribution < 1.29 is 13.2 Å². The van der Waals surface area contributed by atoms with Crippen LogP contribution in [-0.4, -0.2) is 14.1 Å². The molecule has 13 aromatic rings. The molecule has 0 spiro atoms. The molecule has 0 aliphatic rings. The summed E-state index contributed by atoms with van der Waals surface area (Å²) in [5, 5.41) is 82.1. The van der Waals surface area contributed by atoms with Crippen LogP contribution in [0.15, 0.2) is 206 Å². The van der Waals surface area contributed by atoms with E-state index in [1.807, 2.05) is 60.7 Å². The highest BCUT2D eigenvalue weighted by atomic mass is 19.4. The van der Waals surface area contributed by atoms with Crippen molar-refractivity contribution in [1.82, 2.24) is 14.1 Å². The third-order valence-electron chi connectivity index (χ3n) is 15.6. The normalized spacial score (nSPS) is 11.0. The highest BCUT2D eigenvalue weighted by Crippen LogP contribution is 2.47. The summed E-state index contributed by atoms with van der Waals surface area (Å²) in [5.41, 5.74) is 8.92. The van der Waals surface area contributed by atoms with Crippen molar-refractivity contribution in [2.24, 2.45) is 0 Å². The van der Waals surface area contributed by atoms with Gasteiger partial charge in [0, 0.05) is 32.7 Å². The van der Waals surface area contributed by atoms with Gasteiger partial charge >= 0.3 is 6.18 Å². The van der Waals surface area contributed by atoms with Gasteiger partial charge in [-0.15, -0.1) is 0 Å². The fourth-order valence-electron chi connectivity index (χ4n) is 11.7. The van der Waals surface area contributed by atoms with Crippen LogP contribution in [0.2, 0.25) is 0 Å². The van der Waals surface area contributed by atoms with E-state index >= 15 is 13.2 Å². The van der Waals surface area contributed by atoms with E-state index in [4.69, 9.17) is 4.98 Å². The van der Waals surface area contributed by atoms with Crippen molar-refractivity contribution >= 4 is 43.6 Å². The first-order chi connectivity index (χ1) is 42.8. The van der Waals surface area contributed by atoms with Gasteiger partial charge in [-0.05, 0) is 190 Å². The fourth-order valence-corrected chi connectivity index (χ4v) is 11.7. The maximum atomic E-state index is 16.9. The summed E-state index contributed by atoms with van der Waals surface area (Å²) in [6.07, 6.45) is -5.03. The number of aromatic nitrogens is 3. The Morgan fingerprint density at radius 3 is 0.920 bits per heavy atom. The smallest absolute Gasteiger partial charge is 0.309 e. The number of benzene rings is 10. The van der Waals surface area contributed by atoms with Gasteiger partial charge in [0.25, 0.3) is 0 Å². The maximum Gasteiger partial charge on any atom is 0.418 e. The Morgan fingerprint density at radius 2 is 0.602 bits per heavy atom. The summed E-state index contributed by atoms with van der Waals surface area (Å²) in [4.78, 5) is 5.20. The maximum absolute atomic E-state index is 16.9. The zero-order valence-corrected chi connectivity index (χ0v) is 45.7. The fraction of sp³-hybridized carbons (Fsp3) is 0.0135. The van der Waals surface area contributed by atoms with Gasteiger partial charge in [-0.3, -0.25) is 0 Å². The second-order valence-corrected chi connectivity index (χ2v) is 20.8. The van der Waals surface area contributed by atoms with Crippen LogP contribution in [0.25, 0.3) is 122 Å². The minimum Gasteiger partial charge on any atom is -0.309 e. The highest BCUT2D eigenvalue weighted by Gasteiger charge is 2.37. The van der Waals surface area contributed by atoms with Gasteiger partial charge in [-0.2, -0.15) is 55.3 Å². The molecule has 0 aliphatic carbocycles.